The van der Waals surface area contributed by atoms with Crippen molar-refractivity contribution in [3.63, 3.8) is 0 Å². The highest BCUT2D eigenvalue weighted by molar-refractivity contribution is 5.93. The minimum Gasteiger partial charge on any atom is -0.476 e. The fourth-order valence-electron chi connectivity index (χ4n) is 1.49. The highest BCUT2D eigenvalue weighted by Gasteiger charge is 2.19. The van der Waals surface area contributed by atoms with E-state index in [2.05, 4.69) is 10.1 Å². The molecule has 0 saturated carbocycles. The summed E-state index contributed by atoms with van der Waals surface area (Å²) in [6.45, 7) is 2.12. The summed E-state index contributed by atoms with van der Waals surface area (Å²) in [5.74, 6) is -1.58. The number of aromatic nitrogens is 3. The second-order valence-electron chi connectivity index (χ2n) is 3.61. The van der Waals surface area contributed by atoms with Gasteiger partial charge in [0.1, 0.15) is 11.4 Å². The van der Waals surface area contributed by atoms with Gasteiger partial charge in [0.2, 0.25) is 0 Å². The average molecular weight is 261 g/mol. The number of carbonyl (C=O) groups excluding carboxylic acids is 1. The predicted octanol–water partition coefficient (Wildman–Crippen LogP) is 1.22. The fourth-order valence-corrected chi connectivity index (χ4v) is 1.49. The number of carbonyl (C=O) groups is 2. The van der Waals surface area contributed by atoms with E-state index < -0.39 is 11.9 Å². The van der Waals surface area contributed by atoms with Gasteiger partial charge in [0.15, 0.2) is 5.69 Å². The monoisotopic (exact) mass is 261 g/mol. The van der Waals surface area contributed by atoms with Crippen molar-refractivity contribution in [2.24, 2.45) is 0 Å². The van der Waals surface area contributed by atoms with Crippen LogP contribution in [0.25, 0.3) is 0 Å². The number of pyridine rings is 1. The van der Waals surface area contributed by atoms with Crippen molar-refractivity contribution in [2.45, 2.75) is 13.5 Å². The number of carboxylic acids is 1. The Morgan fingerprint density at radius 3 is 2.84 bits per heavy atom. The van der Waals surface area contributed by atoms with Gasteiger partial charge in [-0.1, -0.05) is 0 Å². The molecule has 98 valence electrons. The molecule has 0 saturated heterocycles. The lowest BCUT2D eigenvalue weighted by molar-refractivity contribution is 0.0687. The van der Waals surface area contributed by atoms with Crippen LogP contribution >= 0.6 is 0 Å². The molecule has 7 nitrogen and oxygen atoms in total. The first-order valence-electron chi connectivity index (χ1n) is 5.55. The summed E-state index contributed by atoms with van der Waals surface area (Å²) in [5, 5.41) is 12.6. The first kappa shape index (κ1) is 12.7. The van der Waals surface area contributed by atoms with Gasteiger partial charge in [-0.3, -0.25) is 9.67 Å². The molecule has 0 spiro atoms. The Morgan fingerprint density at radius 1 is 1.47 bits per heavy atom. The summed E-state index contributed by atoms with van der Waals surface area (Å²) in [6, 6.07) is 4.39. The first-order chi connectivity index (χ1) is 9.11. The summed E-state index contributed by atoms with van der Waals surface area (Å²) < 4.78 is 6.36. The molecule has 19 heavy (non-hydrogen) atoms. The van der Waals surface area contributed by atoms with Gasteiger partial charge in [-0.2, -0.15) is 5.10 Å². The van der Waals surface area contributed by atoms with Gasteiger partial charge >= 0.3 is 11.9 Å². The standard InChI is InChI=1S/C12H11N3O4/c1-2-15-10(6-9(14-15)11(16)17)12(18)19-8-4-3-5-13-7-8/h3-7H,2H2,1H3,(H,16,17). The Morgan fingerprint density at radius 2 is 2.26 bits per heavy atom. The van der Waals surface area contributed by atoms with Gasteiger partial charge in [0, 0.05) is 18.8 Å². The molecule has 2 aromatic heterocycles. The van der Waals surface area contributed by atoms with Crippen LogP contribution in [0.4, 0.5) is 0 Å². The fraction of sp³-hybridized carbons (Fsp3) is 0.167. The quantitative estimate of drug-likeness (QED) is 0.831. The Kier molecular flexibility index (Phi) is 3.56. The number of nitrogens with zero attached hydrogens (tertiary/aromatic N) is 3. The van der Waals surface area contributed by atoms with Gasteiger partial charge in [0.05, 0.1) is 6.20 Å². The molecular formula is C12H11N3O4. The van der Waals surface area contributed by atoms with Crippen molar-refractivity contribution >= 4 is 11.9 Å². The number of esters is 1. The zero-order chi connectivity index (χ0) is 13.8. The Hall–Kier alpha value is -2.70. The third-order valence-corrected chi connectivity index (χ3v) is 2.35. The lowest BCUT2D eigenvalue weighted by atomic mass is 10.3. The van der Waals surface area contributed by atoms with E-state index in [1.165, 1.54) is 16.9 Å². The molecule has 2 rings (SSSR count). The lowest BCUT2D eigenvalue weighted by Crippen LogP contribution is -2.15. The molecule has 0 aromatic carbocycles. The minimum atomic E-state index is -1.19. The van der Waals surface area contributed by atoms with Crippen molar-refractivity contribution < 1.29 is 19.4 Å². The smallest absolute Gasteiger partial charge is 0.362 e. The summed E-state index contributed by atoms with van der Waals surface area (Å²) in [6.07, 6.45) is 2.94. The molecule has 0 bridgehead atoms. The second-order valence-corrected chi connectivity index (χ2v) is 3.61. The van der Waals surface area contributed by atoms with E-state index in [0.717, 1.165) is 0 Å². The third kappa shape index (κ3) is 2.76. The van der Waals surface area contributed by atoms with E-state index in [1.54, 1.807) is 25.3 Å². The van der Waals surface area contributed by atoms with Crippen LogP contribution < -0.4 is 4.74 Å². The molecule has 0 aliphatic rings. The van der Waals surface area contributed by atoms with Crippen LogP contribution in [0, 0.1) is 0 Å². The zero-order valence-corrected chi connectivity index (χ0v) is 10.1. The molecule has 2 aromatic rings. The number of ether oxygens (including phenoxy) is 1. The molecule has 1 N–H and O–H groups in total. The first-order valence-corrected chi connectivity index (χ1v) is 5.55. The van der Waals surface area contributed by atoms with E-state index in [4.69, 9.17) is 9.84 Å². The summed E-state index contributed by atoms with van der Waals surface area (Å²) in [5.41, 5.74) is -0.108. The largest absolute Gasteiger partial charge is 0.476 e. The number of hydrogen-bond donors (Lipinski definition) is 1. The molecule has 2 heterocycles. The molecule has 0 unspecified atom stereocenters. The Bertz CT molecular complexity index is 607. The molecule has 0 radical (unpaired) electrons. The summed E-state index contributed by atoms with van der Waals surface area (Å²) in [4.78, 5) is 26.6. The highest BCUT2D eigenvalue weighted by atomic mass is 16.5. The van der Waals surface area contributed by atoms with Gasteiger partial charge in [-0.05, 0) is 19.1 Å². The lowest BCUT2D eigenvalue weighted by Gasteiger charge is -2.04. The van der Waals surface area contributed by atoms with Gasteiger partial charge in [0.25, 0.3) is 0 Å². The van der Waals surface area contributed by atoms with Gasteiger partial charge in [-0.15, -0.1) is 0 Å². The number of aryl methyl sites for hydroxylation is 1. The van der Waals surface area contributed by atoms with E-state index >= 15 is 0 Å². The molecule has 7 heteroatoms. The van der Waals surface area contributed by atoms with Crippen molar-refractivity contribution in [1.29, 1.82) is 0 Å². The van der Waals surface area contributed by atoms with Crippen molar-refractivity contribution in [2.75, 3.05) is 0 Å². The highest BCUT2D eigenvalue weighted by Crippen LogP contribution is 2.12. The van der Waals surface area contributed by atoms with Crippen molar-refractivity contribution in [1.82, 2.24) is 14.8 Å². The Balaban J connectivity index is 2.26. The zero-order valence-electron chi connectivity index (χ0n) is 10.1. The number of rotatable bonds is 4. The minimum absolute atomic E-state index is 0.0868. The molecule has 0 aliphatic carbocycles. The van der Waals surface area contributed by atoms with E-state index in [-0.39, 0.29) is 17.1 Å². The summed E-state index contributed by atoms with van der Waals surface area (Å²) >= 11 is 0. The molecule has 0 aliphatic heterocycles. The maximum Gasteiger partial charge on any atom is 0.362 e. The normalized spacial score (nSPS) is 10.2. The van der Waals surface area contributed by atoms with Crippen molar-refractivity contribution in [3.05, 3.63) is 42.0 Å². The maximum atomic E-state index is 11.9. The van der Waals surface area contributed by atoms with Crippen LogP contribution in [0.2, 0.25) is 0 Å². The number of carboxylic acid groups (broad SMARTS) is 1. The van der Waals surface area contributed by atoms with Gasteiger partial charge < -0.3 is 9.84 Å². The van der Waals surface area contributed by atoms with Crippen LogP contribution in [0.3, 0.4) is 0 Å². The molecule has 0 fully saturated rings. The molecular weight excluding hydrogens is 250 g/mol. The maximum absolute atomic E-state index is 11.9. The second kappa shape index (κ2) is 5.30. The van der Waals surface area contributed by atoms with Crippen molar-refractivity contribution in [3.8, 4) is 5.75 Å². The van der Waals surface area contributed by atoms with Gasteiger partial charge in [-0.25, -0.2) is 9.59 Å². The van der Waals surface area contributed by atoms with Crippen LogP contribution in [-0.4, -0.2) is 31.8 Å². The molecule has 0 atom stereocenters. The van der Waals surface area contributed by atoms with Crippen LogP contribution in [0.1, 0.15) is 27.9 Å². The Labute approximate surface area is 108 Å². The summed E-state index contributed by atoms with van der Waals surface area (Å²) in [7, 11) is 0. The van der Waals surface area contributed by atoms with Crippen LogP contribution in [0.15, 0.2) is 30.6 Å². The SMILES string of the molecule is CCn1nc(C(=O)O)cc1C(=O)Oc1cccnc1. The van der Waals surface area contributed by atoms with Crippen LogP contribution in [0.5, 0.6) is 5.75 Å². The number of aromatic carboxylic acids is 1. The van der Waals surface area contributed by atoms with Crippen LogP contribution in [-0.2, 0) is 6.54 Å². The topological polar surface area (TPSA) is 94.3 Å². The van der Waals surface area contributed by atoms with E-state index in [9.17, 15) is 9.59 Å². The third-order valence-electron chi connectivity index (χ3n) is 2.35. The average Bonchev–Trinajstić information content (AvgIpc) is 2.84. The van der Waals surface area contributed by atoms with E-state index in [1.807, 2.05) is 0 Å². The predicted molar refractivity (Wildman–Crippen MR) is 64.1 cm³/mol. The van der Waals surface area contributed by atoms with E-state index in [0.29, 0.717) is 6.54 Å². The number of hydrogen-bond acceptors (Lipinski definition) is 5. The molecule has 0 amide bonds.